The normalized spacial score (nSPS) is 26.1. The Morgan fingerprint density at radius 2 is 1.57 bits per heavy atom. The second-order valence-corrected chi connectivity index (χ2v) is 9.59. The molecule has 0 aliphatic carbocycles. The summed E-state index contributed by atoms with van der Waals surface area (Å²) in [6.07, 6.45) is -8.34. The molecule has 2 aliphatic rings. The van der Waals surface area contributed by atoms with Gasteiger partial charge in [0.1, 0.15) is 6.10 Å². The molecule has 1 amide bonds. The Morgan fingerprint density at radius 1 is 0.914 bits per heavy atom. The number of carbonyl (C=O) groups is 1. The van der Waals surface area contributed by atoms with Gasteiger partial charge in [-0.05, 0) is 61.1 Å². The number of rotatable bonds is 4. The summed E-state index contributed by atoms with van der Waals surface area (Å²) in [5, 5.41) is 6.54. The molecule has 2 heterocycles. The summed E-state index contributed by atoms with van der Waals surface area (Å²) in [6, 6.07) is 8.45. The predicted molar refractivity (Wildman–Crippen MR) is 116 cm³/mol. The third-order valence-corrected chi connectivity index (χ3v) is 7.13. The van der Waals surface area contributed by atoms with E-state index in [1.54, 1.807) is 18.2 Å². The van der Waals surface area contributed by atoms with Crippen molar-refractivity contribution in [1.29, 1.82) is 0 Å². The number of halogens is 6. The van der Waals surface area contributed by atoms with Gasteiger partial charge in [0.25, 0.3) is 0 Å². The Labute approximate surface area is 199 Å². The van der Waals surface area contributed by atoms with Gasteiger partial charge >= 0.3 is 12.4 Å². The van der Waals surface area contributed by atoms with Crippen LogP contribution in [0.4, 0.5) is 26.3 Å². The minimum Gasteiger partial charge on any atom is -0.372 e. The third kappa shape index (κ3) is 5.18. The highest BCUT2D eigenvalue weighted by Crippen LogP contribution is 2.41. The van der Waals surface area contributed by atoms with E-state index in [4.69, 9.17) is 4.74 Å². The molecule has 2 fully saturated rings. The number of methoxy groups -OCH3 is 1. The van der Waals surface area contributed by atoms with Crippen LogP contribution in [-0.2, 0) is 27.4 Å². The van der Waals surface area contributed by atoms with E-state index >= 15 is 0 Å². The van der Waals surface area contributed by atoms with Crippen LogP contribution in [0.15, 0.2) is 42.5 Å². The summed E-state index contributed by atoms with van der Waals surface area (Å²) in [5.74, 6) is 0.0275. The SMILES string of the molecule is CO[C@@H](c1cc(C(F)(F)F)cc(C(F)(F)F)c1)c1cccc([C@]2(C)CC[C@]3(CCC(=O)N3)CN2)c1. The van der Waals surface area contributed by atoms with E-state index in [9.17, 15) is 31.1 Å². The highest BCUT2D eigenvalue weighted by atomic mass is 19.4. The van der Waals surface area contributed by atoms with Crippen LogP contribution in [0.5, 0.6) is 0 Å². The zero-order chi connectivity index (χ0) is 25.6. The van der Waals surface area contributed by atoms with Crippen LogP contribution < -0.4 is 10.6 Å². The van der Waals surface area contributed by atoms with Gasteiger partial charge in [0.15, 0.2) is 0 Å². The van der Waals surface area contributed by atoms with Gasteiger partial charge in [-0.1, -0.05) is 24.3 Å². The molecule has 0 bridgehead atoms. The predicted octanol–water partition coefficient (Wildman–Crippen LogP) is 5.71. The molecule has 0 saturated carbocycles. The first-order valence-corrected chi connectivity index (χ1v) is 11.2. The lowest BCUT2D eigenvalue weighted by Crippen LogP contribution is -2.59. The summed E-state index contributed by atoms with van der Waals surface area (Å²) in [5.41, 5.74) is -2.50. The maximum Gasteiger partial charge on any atom is 0.416 e. The lowest BCUT2D eigenvalue weighted by atomic mass is 9.76. The van der Waals surface area contributed by atoms with Crippen molar-refractivity contribution < 1.29 is 35.9 Å². The number of benzene rings is 2. The van der Waals surface area contributed by atoms with E-state index in [0.717, 1.165) is 18.4 Å². The number of alkyl halides is 6. The molecule has 35 heavy (non-hydrogen) atoms. The Kier molecular flexibility index (Phi) is 6.42. The molecule has 2 aromatic carbocycles. The van der Waals surface area contributed by atoms with E-state index in [-0.39, 0.29) is 23.1 Å². The second kappa shape index (κ2) is 8.81. The molecule has 0 unspecified atom stereocenters. The van der Waals surface area contributed by atoms with Gasteiger partial charge in [-0.15, -0.1) is 0 Å². The van der Waals surface area contributed by atoms with Crippen LogP contribution in [0.1, 0.15) is 66.5 Å². The van der Waals surface area contributed by atoms with E-state index in [1.165, 1.54) is 7.11 Å². The summed E-state index contributed by atoms with van der Waals surface area (Å²) < 4.78 is 85.6. The average molecular weight is 500 g/mol. The van der Waals surface area contributed by atoms with Gasteiger partial charge in [0.05, 0.1) is 16.7 Å². The maximum absolute atomic E-state index is 13.4. The van der Waals surface area contributed by atoms with Gasteiger partial charge in [0.2, 0.25) is 5.91 Å². The lowest BCUT2D eigenvalue weighted by Gasteiger charge is -2.44. The molecule has 1 spiro atoms. The maximum atomic E-state index is 13.4. The molecule has 190 valence electrons. The molecule has 2 aliphatic heterocycles. The standard InChI is InChI=1S/C25H26F6N2O2/c1-22(8-9-23(14-32-22)7-6-20(34)33-23)17-5-3-4-15(10-17)21(35-2)16-11-18(24(26,27)28)13-19(12-16)25(29,30)31/h3-5,10-13,21,32H,6-9,14H2,1-2H3,(H,33,34)/t21-,22+,23-/m1/s1. The molecule has 2 N–H and O–H groups in total. The summed E-state index contributed by atoms with van der Waals surface area (Å²) in [6.45, 7) is 2.55. The van der Waals surface area contributed by atoms with Crippen molar-refractivity contribution in [3.8, 4) is 0 Å². The summed E-state index contributed by atoms with van der Waals surface area (Å²) in [4.78, 5) is 11.7. The molecule has 0 aromatic heterocycles. The van der Waals surface area contributed by atoms with E-state index in [2.05, 4.69) is 10.6 Å². The zero-order valence-electron chi connectivity index (χ0n) is 19.2. The minimum atomic E-state index is -4.94. The van der Waals surface area contributed by atoms with Crippen molar-refractivity contribution in [3.05, 3.63) is 70.3 Å². The fraction of sp³-hybridized carbons (Fsp3) is 0.480. The summed E-state index contributed by atoms with van der Waals surface area (Å²) in [7, 11) is 1.25. The molecule has 2 saturated heterocycles. The molecule has 3 atom stereocenters. The third-order valence-electron chi connectivity index (χ3n) is 7.13. The molecule has 4 rings (SSSR count). The van der Waals surface area contributed by atoms with Crippen molar-refractivity contribution in [3.63, 3.8) is 0 Å². The van der Waals surface area contributed by atoms with Crippen LogP contribution in [0.2, 0.25) is 0 Å². The lowest BCUT2D eigenvalue weighted by molar-refractivity contribution is -0.143. The van der Waals surface area contributed by atoms with Crippen molar-refractivity contribution in [2.75, 3.05) is 13.7 Å². The van der Waals surface area contributed by atoms with Crippen LogP contribution in [0.25, 0.3) is 0 Å². The van der Waals surface area contributed by atoms with E-state index < -0.39 is 35.1 Å². The second-order valence-electron chi connectivity index (χ2n) is 9.59. The molecule has 0 radical (unpaired) electrons. The number of piperidine rings is 1. The zero-order valence-corrected chi connectivity index (χ0v) is 19.2. The van der Waals surface area contributed by atoms with Gasteiger partial charge in [-0.25, -0.2) is 0 Å². The fourth-order valence-electron chi connectivity index (χ4n) is 5.01. The Morgan fingerprint density at radius 3 is 2.06 bits per heavy atom. The number of carbonyl (C=O) groups excluding carboxylic acids is 1. The smallest absolute Gasteiger partial charge is 0.372 e. The molecular formula is C25H26F6N2O2. The van der Waals surface area contributed by atoms with Crippen molar-refractivity contribution >= 4 is 5.91 Å². The van der Waals surface area contributed by atoms with Gasteiger partial charge in [-0.3, -0.25) is 4.79 Å². The largest absolute Gasteiger partial charge is 0.416 e. The van der Waals surface area contributed by atoms with Crippen LogP contribution >= 0.6 is 0 Å². The van der Waals surface area contributed by atoms with Crippen molar-refractivity contribution in [2.45, 2.75) is 62.1 Å². The Bertz CT molecular complexity index is 1070. The van der Waals surface area contributed by atoms with Gasteiger partial charge in [-0.2, -0.15) is 26.3 Å². The first-order valence-electron chi connectivity index (χ1n) is 11.2. The average Bonchev–Trinajstić information content (AvgIpc) is 3.16. The van der Waals surface area contributed by atoms with Crippen LogP contribution in [0, 0.1) is 0 Å². The van der Waals surface area contributed by atoms with E-state index in [0.29, 0.717) is 37.1 Å². The topological polar surface area (TPSA) is 50.4 Å². The molecule has 4 nitrogen and oxygen atoms in total. The van der Waals surface area contributed by atoms with Crippen molar-refractivity contribution in [1.82, 2.24) is 10.6 Å². The molecular weight excluding hydrogens is 474 g/mol. The fourth-order valence-corrected chi connectivity index (χ4v) is 5.01. The van der Waals surface area contributed by atoms with Gasteiger partial charge in [0, 0.05) is 25.6 Å². The molecule has 2 aromatic rings. The molecule has 10 heteroatoms. The van der Waals surface area contributed by atoms with Gasteiger partial charge < -0.3 is 15.4 Å². The first-order chi connectivity index (χ1) is 16.2. The number of nitrogens with one attached hydrogen (secondary N) is 2. The van der Waals surface area contributed by atoms with Crippen LogP contribution in [0.3, 0.4) is 0 Å². The monoisotopic (exact) mass is 500 g/mol. The Hall–Kier alpha value is -2.59. The van der Waals surface area contributed by atoms with E-state index in [1.807, 2.05) is 13.0 Å². The quantitative estimate of drug-likeness (QED) is 0.529. The highest BCUT2D eigenvalue weighted by Gasteiger charge is 2.45. The number of ether oxygens (including phenoxy) is 1. The number of amides is 1. The summed E-state index contributed by atoms with van der Waals surface area (Å²) >= 11 is 0. The number of hydrogen-bond donors (Lipinski definition) is 2. The first kappa shape index (κ1) is 25.5. The highest BCUT2D eigenvalue weighted by molar-refractivity contribution is 5.79. The minimum absolute atomic E-state index is 0.0275. The Balaban J connectivity index is 1.66. The van der Waals surface area contributed by atoms with Crippen molar-refractivity contribution in [2.24, 2.45) is 0 Å². The van der Waals surface area contributed by atoms with Crippen LogP contribution in [-0.4, -0.2) is 25.1 Å². The number of hydrogen-bond acceptors (Lipinski definition) is 3.